The third-order valence-electron chi connectivity index (χ3n) is 2.64. The molecule has 0 saturated carbocycles. The summed E-state index contributed by atoms with van der Waals surface area (Å²) < 4.78 is 11.3. The lowest BCUT2D eigenvalue weighted by molar-refractivity contribution is -0.0398. The molecule has 11 heavy (non-hydrogen) atoms. The summed E-state index contributed by atoms with van der Waals surface area (Å²) in [5.74, 6) is 0. The van der Waals surface area contributed by atoms with Crippen molar-refractivity contribution in [2.45, 2.75) is 50.9 Å². The Hall–Kier alpha value is -0.0800. The maximum absolute atomic E-state index is 5.72. The first-order valence-corrected chi connectivity index (χ1v) is 4.63. The molecular weight excluding hydrogens is 140 g/mol. The van der Waals surface area contributed by atoms with Gasteiger partial charge in [-0.25, -0.2) is 0 Å². The molecule has 2 rings (SSSR count). The Morgan fingerprint density at radius 1 is 1.09 bits per heavy atom. The lowest BCUT2D eigenvalue weighted by atomic mass is 10.1. The fourth-order valence-electron chi connectivity index (χ4n) is 2.00. The van der Waals surface area contributed by atoms with E-state index in [1.165, 1.54) is 25.7 Å². The van der Waals surface area contributed by atoms with Crippen LogP contribution in [0.3, 0.4) is 0 Å². The summed E-state index contributed by atoms with van der Waals surface area (Å²) in [6, 6.07) is 0. The van der Waals surface area contributed by atoms with E-state index in [1.807, 2.05) is 0 Å². The normalized spacial score (nSPS) is 45.0. The van der Waals surface area contributed by atoms with Crippen molar-refractivity contribution in [3.05, 3.63) is 0 Å². The highest BCUT2D eigenvalue weighted by atomic mass is 16.6. The molecule has 2 fully saturated rings. The van der Waals surface area contributed by atoms with Gasteiger partial charge in [-0.3, -0.25) is 0 Å². The summed E-state index contributed by atoms with van der Waals surface area (Å²) in [5.41, 5.74) is 0. The highest BCUT2D eigenvalue weighted by molar-refractivity contribution is 4.80. The van der Waals surface area contributed by atoms with Crippen molar-refractivity contribution in [1.29, 1.82) is 0 Å². The van der Waals surface area contributed by atoms with Gasteiger partial charge in [0, 0.05) is 6.61 Å². The molecule has 0 bridgehead atoms. The molecule has 0 aliphatic carbocycles. The molecule has 0 radical (unpaired) electrons. The second-order valence-corrected chi connectivity index (χ2v) is 3.61. The van der Waals surface area contributed by atoms with Crippen LogP contribution in [0, 0.1) is 0 Å². The molecular formula is C9H16O2. The molecule has 0 aromatic heterocycles. The zero-order valence-electron chi connectivity index (χ0n) is 7.08. The largest absolute Gasteiger partial charge is 0.376 e. The highest BCUT2D eigenvalue weighted by Crippen LogP contribution is 2.28. The van der Waals surface area contributed by atoms with Crippen molar-refractivity contribution in [3.8, 4) is 0 Å². The van der Waals surface area contributed by atoms with Crippen molar-refractivity contribution in [2.24, 2.45) is 0 Å². The van der Waals surface area contributed by atoms with Gasteiger partial charge in [-0.15, -0.1) is 0 Å². The molecule has 2 heteroatoms. The van der Waals surface area contributed by atoms with Gasteiger partial charge in [-0.2, -0.15) is 0 Å². The average molecular weight is 156 g/mol. The van der Waals surface area contributed by atoms with Gasteiger partial charge in [-0.1, -0.05) is 0 Å². The molecule has 0 amide bonds. The van der Waals surface area contributed by atoms with Crippen LogP contribution in [0.15, 0.2) is 0 Å². The van der Waals surface area contributed by atoms with Crippen LogP contribution in [0.5, 0.6) is 0 Å². The van der Waals surface area contributed by atoms with Crippen LogP contribution in [0.2, 0.25) is 0 Å². The van der Waals surface area contributed by atoms with Gasteiger partial charge in [0.15, 0.2) is 0 Å². The highest BCUT2D eigenvalue weighted by Gasteiger charge is 2.31. The van der Waals surface area contributed by atoms with Gasteiger partial charge in [0.2, 0.25) is 0 Å². The number of hydrogen-bond acceptors (Lipinski definition) is 2. The van der Waals surface area contributed by atoms with E-state index in [1.54, 1.807) is 0 Å². The molecule has 0 aromatic rings. The van der Waals surface area contributed by atoms with Crippen LogP contribution in [-0.4, -0.2) is 24.9 Å². The molecule has 0 aromatic carbocycles. The zero-order chi connectivity index (χ0) is 7.68. The lowest BCUT2D eigenvalue weighted by Gasteiger charge is -2.17. The number of hydrogen-bond donors (Lipinski definition) is 0. The van der Waals surface area contributed by atoms with Crippen molar-refractivity contribution in [3.63, 3.8) is 0 Å². The Bertz CT molecular complexity index is 130. The fraction of sp³-hybridized carbons (Fsp3) is 1.00. The second-order valence-electron chi connectivity index (χ2n) is 3.61. The number of ether oxygens (including phenoxy) is 2. The van der Waals surface area contributed by atoms with E-state index in [9.17, 15) is 0 Å². The Labute approximate surface area is 67.9 Å². The fourth-order valence-corrected chi connectivity index (χ4v) is 2.00. The van der Waals surface area contributed by atoms with Crippen LogP contribution in [0.25, 0.3) is 0 Å². The predicted molar refractivity (Wildman–Crippen MR) is 42.5 cm³/mol. The van der Waals surface area contributed by atoms with E-state index in [0.717, 1.165) is 6.61 Å². The molecule has 2 saturated heterocycles. The first kappa shape index (κ1) is 7.56. The summed E-state index contributed by atoms with van der Waals surface area (Å²) in [6.07, 6.45) is 6.13. The minimum Gasteiger partial charge on any atom is -0.376 e. The first-order valence-electron chi connectivity index (χ1n) is 4.63. The Kier molecular flexibility index (Phi) is 2.14. The second kappa shape index (κ2) is 3.11. The molecule has 2 aliphatic rings. The van der Waals surface area contributed by atoms with E-state index in [2.05, 4.69) is 6.92 Å². The zero-order valence-corrected chi connectivity index (χ0v) is 7.08. The predicted octanol–water partition coefficient (Wildman–Crippen LogP) is 1.73. The molecule has 2 aliphatic heterocycles. The van der Waals surface area contributed by atoms with E-state index >= 15 is 0 Å². The summed E-state index contributed by atoms with van der Waals surface area (Å²) in [7, 11) is 0. The average Bonchev–Trinajstić information content (AvgIpc) is 2.55. The summed E-state index contributed by atoms with van der Waals surface area (Å²) in [6.45, 7) is 3.09. The first-order chi connectivity index (χ1) is 5.36. The van der Waals surface area contributed by atoms with Crippen LogP contribution >= 0.6 is 0 Å². The van der Waals surface area contributed by atoms with Crippen LogP contribution < -0.4 is 0 Å². The van der Waals surface area contributed by atoms with Crippen molar-refractivity contribution >= 4 is 0 Å². The van der Waals surface area contributed by atoms with E-state index < -0.39 is 0 Å². The lowest BCUT2D eigenvalue weighted by Crippen LogP contribution is -2.25. The van der Waals surface area contributed by atoms with E-state index in [4.69, 9.17) is 9.47 Å². The van der Waals surface area contributed by atoms with E-state index in [-0.39, 0.29) is 0 Å². The van der Waals surface area contributed by atoms with Gasteiger partial charge in [0.25, 0.3) is 0 Å². The Morgan fingerprint density at radius 3 is 2.55 bits per heavy atom. The van der Waals surface area contributed by atoms with Crippen LogP contribution in [-0.2, 0) is 9.47 Å². The molecule has 2 heterocycles. The third kappa shape index (κ3) is 1.57. The monoisotopic (exact) mass is 156 g/mol. The Morgan fingerprint density at radius 2 is 2.00 bits per heavy atom. The van der Waals surface area contributed by atoms with Gasteiger partial charge in [0.1, 0.15) is 0 Å². The molecule has 64 valence electrons. The van der Waals surface area contributed by atoms with Gasteiger partial charge >= 0.3 is 0 Å². The third-order valence-corrected chi connectivity index (χ3v) is 2.64. The van der Waals surface area contributed by atoms with Crippen LogP contribution in [0.1, 0.15) is 32.6 Å². The minimum atomic E-state index is 0.410. The van der Waals surface area contributed by atoms with Gasteiger partial charge in [0.05, 0.1) is 18.3 Å². The maximum Gasteiger partial charge on any atom is 0.0841 e. The van der Waals surface area contributed by atoms with Crippen LogP contribution in [0.4, 0.5) is 0 Å². The SMILES string of the molecule is C[C@H]1CC[C@@H]([C@@H]2CCCO2)O1. The summed E-state index contributed by atoms with van der Waals surface area (Å²) in [5, 5.41) is 0. The molecule has 0 spiro atoms. The molecule has 2 nitrogen and oxygen atoms in total. The quantitative estimate of drug-likeness (QED) is 0.575. The number of rotatable bonds is 1. The minimum absolute atomic E-state index is 0.410. The van der Waals surface area contributed by atoms with Gasteiger partial charge in [-0.05, 0) is 32.6 Å². The van der Waals surface area contributed by atoms with Crippen molar-refractivity contribution in [1.82, 2.24) is 0 Å². The van der Waals surface area contributed by atoms with Crippen molar-refractivity contribution < 1.29 is 9.47 Å². The molecule has 0 unspecified atom stereocenters. The van der Waals surface area contributed by atoms with Gasteiger partial charge < -0.3 is 9.47 Å². The smallest absolute Gasteiger partial charge is 0.0841 e. The van der Waals surface area contributed by atoms with E-state index in [0.29, 0.717) is 18.3 Å². The standard InChI is InChI=1S/C9H16O2/c1-7-4-5-9(11-7)8-3-2-6-10-8/h7-9H,2-6H2,1H3/t7-,8-,9-/m0/s1. The molecule has 3 atom stereocenters. The Balaban J connectivity index is 1.85. The summed E-state index contributed by atoms with van der Waals surface area (Å²) >= 11 is 0. The van der Waals surface area contributed by atoms with Crippen molar-refractivity contribution in [2.75, 3.05) is 6.61 Å². The summed E-state index contributed by atoms with van der Waals surface area (Å²) in [4.78, 5) is 0. The molecule has 0 N–H and O–H groups in total. The topological polar surface area (TPSA) is 18.5 Å². The maximum atomic E-state index is 5.72.